The Morgan fingerprint density at radius 3 is 2.75 bits per heavy atom. The molecule has 0 aliphatic carbocycles. The number of hydrogen-bond acceptors (Lipinski definition) is 4. The van der Waals surface area contributed by atoms with E-state index in [9.17, 15) is 0 Å². The molecule has 76 valence electrons. The van der Waals surface area contributed by atoms with E-state index in [-0.39, 0.29) is 11.4 Å². The van der Waals surface area contributed by atoms with E-state index in [2.05, 4.69) is 15.2 Å². The highest BCUT2D eigenvalue weighted by Crippen LogP contribution is 2.29. The second-order valence-corrected chi connectivity index (χ2v) is 2.88. The van der Waals surface area contributed by atoms with Crippen LogP contribution in [-0.2, 0) is 0 Å². The minimum Gasteiger partial charge on any atom is -0.352 e. The summed E-state index contributed by atoms with van der Waals surface area (Å²) in [6, 6.07) is 11.0. The summed E-state index contributed by atoms with van der Waals surface area (Å²) in [4.78, 5) is 2.56. The zero-order valence-electron chi connectivity index (χ0n) is 8.03. The maximum Gasteiger partial charge on any atom is 0.241 e. The first kappa shape index (κ1) is 9.77. The number of hydrogen-bond donors (Lipinski definition) is 0. The number of nitriles is 1. The summed E-state index contributed by atoms with van der Waals surface area (Å²) in [5.74, 6) is -0.108. The molecule has 0 fully saturated rings. The average molecular weight is 211 g/mol. The van der Waals surface area contributed by atoms with Crippen molar-refractivity contribution in [3.63, 3.8) is 0 Å². The molecule has 0 saturated heterocycles. The first-order chi connectivity index (χ1) is 7.86. The van der Waals surface area contributed by atoms with Gasteiger partial charge in [-0.3, -0.25) is 0 Å². The number of aromatic nitrogens is 1. The zero-order valence-corrected chi connectivity index (χ0v) is 8.03. The van der Waals surface area contributed by atoms with E-state index >= 15 is 0 Å². The second-order valence-electron chi connectivity index (χ2n) is 2.88. The first-order valence-electron chi connectivity index (χ1n) is 4.37. The monoisotopic (exact) mass is 211 g/mol. The van der Waals surface area contributed by atoms with Gasteiger partial charge in [0.15, 0.2) is 0 Å². The molecule has 6 nitrogen and oxygen atoms in total. The molecule has 1 aromatic heterocycles. The topological polar surface area (TPSA) is 98.6 Å². The van der Waals surface area contributed by atoms with Crippen molar-refractivity contribution in [2.45, 2.75) is 0 Å². The van der Waals surface area contributed by atoms with Crippen LogP contribution in [0.25, 0.3) is 21.7 Å². The van der Waals surface area contributed by atoms with Gasteiger partial charge in [0, 0.05) is 10.5 Å². The second kappa shape index (κ2) is 4.17. The van der Waals surface area contributed by atoms with Crippen LogP contribution in [0.3, 0.4) is 0 Å². The molecule has 16 heavy (non-hydrogen) atoms. The fraction of sp³-hybridized carbons (Fsp3) is 0. The number of nitrogens with zero attached hydrogens (tertiary/aromatic N) is 5. The molecule has 2 aromatic rings. The molecule has 0 unspecified atom stereocenters. The summed E-state index contributed by atoms with van der Waals surface area (Å²) in [6.07, 6.45) is 0. The smallest absolute Gasteiger partial charge is 0.241 e. The Bertz CT molecular complexity index is 589. The van der Waals surface area contributed by atoms with Crippen LogP contribution in [0.15, 0.2) is 40.0 Å². The lowest BCUT2D eigenvalue weighted by atomic mass is 10.1. The van der Waals surface area contributed by atoms with Gasteiger partial charge in [-0.2, -0.15) is 5.26 Å². The van der Waals surface area contributed by atoms with Gasteiger partial charge in [-0.25, -0.2) is 0 Å². The van der Waals surface area contributed by atoms with Crippen LogP contribution in [-0.4, -0.2) is 5.16 Å². The van der Waals surface area contributed by atoms with Crippen LogP contribution in [0.5, 0.6) is 0 Å². The summed E-state index contributed by atoms with van der Waals surface area (Å²) in [5.41, 5.74) is 9.54. The molecule has 0 atom stereocenters. The van der Waals surface area contributed by atoms with Crippen molar-refractivity contribution in [1.29, 1.82) is 5.26 Å². The van der Waals surface area contributed by atoms with Crippen molar-refractivity contribution in [3.05, 3.63) is 46.3 Å². The lowest BCUT2D eigenvalue weighted by Gasteiger charge is -1.93. The van der Waals surface area contributed by atoms with Gasteiger partial charge in [-0.1, -0.05) is 35.5 Å². The standard InChI is InChI=1S/C10H5N5O/c11-6-8-9(7-4-2-1-3-5-7)14-16-10(8)13-15-12/h1-5H. The van der Waals surface area contributed by atoms with E-state index in [0.717, 1.165) is 5.56 Å². The third-order valence-electron chi connectivity index (χ3n) is 1.97. The van der Waals surface area contributed by atoms with E-state index in [1.54, 1.807) is 12.1 Å². The molecular formula is C10H5N5O. The number of azide groups is 1. The Kier molecular flexibility index (Phi) is 2.55. The molecule has 1 heterocycles. The molecule has 0 spiro atoms. The number of rotatable bonds is 2. The van der Waals surface area contributed by atoms with Crippen LogP contribution in [0, 0.1) is 11.3 Å². The minimum atomic E-state index is -0.108. The Balaban J connectivity index is 2.60. The SMILES string of the molecule is N#Cc1c(-c2ccccc2)noc1N=[N+]=[N-]. The predicted octanol–water partition coefficient (Wildman–Crippen LogP) is 3.16. The Hall–Kier alpha value is -2.77. The zero-order chi connectivity index (χ0) is 11.4. The predicted molar refractivity (Wildman–Crippen MR) is 55.5 cm³/mol. The van der Waals surface area contributed by atoms with Gasteiger partial charge in [0.2, 0.25) is 5.88 Å². The minimum absolute atomic E-state index is 0.108. The molecule has 2 rings (SSSR count). The molecule has 1 aromatic carbocycles. The molecule has 0 radical (unpaired) electrons. The molecule has 0 aliphatic rings. The van der Waals surface area contributed by atoms with Crippen LogP contribution in [0.2, 0.25) is 0 Å². The molecule has 0 aliphatic heterocycles. The van der Waals surface area contributed by atoms with Gasteiger partial charge in [-0.05, 0) is 10.6 Å². The Labute approximate surface area is 90.3 Å². The largest absolute Gasteiger partial charge is 0.352 e. The quantitative estimate of drug-likeness (QED) is 0.433. The van der Waals surface area contributed by atoms with E-state index in [1.165, 1.54) is 0 Å². The molecule has 0 bridgehead atoms. The van der Waals surface area contributed by atoms with Gasteiger partial charge in [-0.15, -0.1) is 0 Å². The van der Waals surface area contributed by atoms with Gasteiger partial charge in [0.1, 0.15) is 17.3 Å². The van der Waals surface area contributed by atoms with Crippen LogP contribution >= 0.6 is 0 Å². The maximum absolute atomic E-state index is 8.94. The highest BCUT2D eigenvalue weighted by molar-refractivity contribution is 5.70. The molecular weight excluding hydrogens is 206 g/mol. The first-order valence-corrected chi connectivity index (χ1v) is 4.37. The third kappa shape index (κ3) is 1.59. The summed E-state index contributed by atoms with van der Waals surface area (Å²) in [5, 5.41) is 15.9. The average Bonchev–Trinajstić information content (AvgIpc) is 2.73. The maximum atomic E-state index is 8.94. The van der Waals surface area contributed by atoms with Crippen molar-refractivity contribution in [2.75, 3.05) is 0 Å². The molecule has 0 saturated carbocycles. The lowest BCUT2D eigenvalue weighted by molar-refractivity contribution is 0.432. The van der Waals surface area contributed by atoms with Crippen LogP contribution in [0.4, 0.5) is 5.88 Å². The summed E-state index contributed by atoms with van der Waals surface area (Å²) in [7, 11) is 0. The van der Waals surface area contributed by atoms with Crippen molar-refractivity contribution in [1.82, 2.24) is 5.16 Å². The van der Waals surface area contributed by atoms with E-state index in [1.807, 2.05) is 24.3 Å². The van der Waals surface area contributed by atoms with Gasteiger partial charge in [0.25, 0.3) is 0 Å². The van der Waals surface area contributed by atoms with Crippen molar-refractivity contribution in [2.24, 2.45) is 5.11 Å². The van der Waals surface area contributed by atoms with Crippen molar-refractivity contribution >= 4 is 5.88 Å². The Morgan fingerprint density at radius 1 is 1.38 bits per heavy atom. The van der Waals surface area contributed by atoms with Gasteiger partial charge < -0.3 is 4.52 Å². The van der Waals surface area contributed by atoms with E-state index in [0.29, 0.717) is 5.69 Å². The van der Waals surface area contributed by atoms with Crippen LogP contribution < -0.4 is 0 Å². The fourth-order valence-electron chi connectivity index (χ4n) is 1.28. The van der Waals surface area contributed by atoms with Gasteiger partial charge >= 0.3 is 0 Å². The molecule has 0 amide bonds. The third-order valence-corrected chi connectivity index (χ3v) is 1.97. The molecule has 6 heteroatoms. The van der Waals surface area contributed by atoms with E-state index in [4.69, 9.17) is 15.3 Å². The number of benzene rings is 1. The highest BCUT2D eigenvalue weighted by Gasteiger charge is 2.15. The van der Waals surface area contributed by atoms with Crippen molar-refractivity contribution < 1.29 is 4.52 Å². The van der Waals surface area contributed by atoms with Crippen LogP contribution in [0.1, 0.15) is 5.56 Å². The fourth-order valence-corrected chi connectivity index (χ4v) is 1.28. The van der Waals surface area contributed by atoms with E-state index < -0.39 is 0 Å². The summed E-state index contributed by atoms with van der Waals surface area (Å²) >= 11 is 0. The van der Waals surface area contributed by atoms with Crippen molar-refractivity contribution in [3.8, 4) is 17.3 Å². The summed E-state index contributed by atoms with van der Waals surface area (Å²) in [6.45, 7) is 0. The summed E-state index contributed by atoms with van der Waals surface area (Å²) < 4.78 is 4.79. The Morgan fingerprint density at radius 2 is 2.12 bits per heavy atom. The van der Waals surface area contributed by atoms with Gasteiger partial charge in [0.05, 0.1) is 0 Å². The lowest BCUT2D eigenvalue weighted by Crippen LogP contribution is -1.80. The normalized spacial score (nSPS) is 9.19. The highest BCUT2D eigenvalue weighted by atomic mass is 16.5. The molecule has 0 N–H and O–H groups in total.